The minimum atomic E-state index is 0.276. The van der Waals surface area contributed by atoms with Crippen LogP contribution in [-0.2, 0) is 6.42 Å². The van der Waals surface area contributed by atoms with Gasteiger partial charge in [0.05, 0.1) is 0 Å². The molecule has 18 heavy (non-hydrogen) atoms. The minimum Gasteiger partial charge on any atom is -0.271 e. The quantitative estimate of drug-likeness (QED) is 0.653. The number of hydrogen-bond donors (Lipinski definition) is 2. The maximum absolute atomic E-state index is 6.21. The lowest BCUT2D eigenvalue weighted by Gasteiger charge is -2.26. The normalized spacial score (nSPS) is 25.3. The van der Waals surface area contributed by atoms with Crippen LogP contribution in [0.5, 0.6) is 0 Å². The molecule has 1 aliphatic rings. The predicted molar refractivity (Wildman–Crippen MR) is 77.8 cm³/mol. The Labute approximate surface area is 119 Å². The molecule has 1 aromatic rings. The second kappa shape index (κ2) is 6.25. The predicted octanol–water partition coefficient (Wildman–Crippen LogP) is 3.80. The van der Waals surface area contributed by atoms with Crippen LogP contribution in [0.4, 0.5) is 0 Å². The van der Waals surface area contributed by atoms with E-state index < -0.39 is 0 Å². The largest absolute Gasteiger partial charge is 0.271 e. The van der Waals surface area contributed by atoms with Crippen molar-refractivity contribution < 1.29 is 0 Å². The van der Waals surface area contributed by atoms with Crippen LogP contribution in [0, 0.1) is 11.8 Å². The van der Waals surface area contributed by atoms with Crippen molar-refractivity contribution in [2.75, 3.05) is 0 Å². The molecule has 0 amide bonds. The molecule has 1 saturated carbocycles. The number of hydrogen-bond acceptors (Lipinski definition) is 2. The van der Waals surface area contributed by atoms with Crippen molar-refractivity contribution in [3.63, 3.8) is 0 Å². The highest BCUT2D eigenvalue weighted by molar-refractivity contribution is 6.33. The molecule has 3 N–H and O–H groups in total. The number of hydrazine groups is 1. The summed E-state index contributed by atoms with van der Waals surface area (Å²) in [7, 11) is 0. The van der Waals surface area contributed by atoms with Gasteiger partial charge in [0.2, 0.25) is 0 Å². The van der Waals surface area contributed by atoms with Crippen LogP contribution < -0.4 is 11.3 Å². The fraction of sp³-hybridized carbons (Fsp3) is 0.571. The Morgan fingerprint density at radius 2 is 2.17 bits per heavy atom. The topological polar surface area (TPSA) is 38.0 Å². The molecule has 100 valence electrons. The molecule has 0 spiro atoms. The zero-order valence-electron chi connectivity index (χ0n) is 10.6. The minimum absolute atomic E-state index is 0.276. The fourth-order valence-corrected chi connectivity index (χ4v) is 3.43. The molecule has 0 radical (unpaired) electrons. The Morgan fingerprint density at radius 1 is 1.39 bits per heavy atom. The van der Waals surface area contributed by atoms with Gasteiger partial charge < -0.3 is 0 Å². The molecular formula is C14H20Cl2N2. The first-order valence-electron chi connectivity index (χ1n) is 6.52. The van der Waals surface area contributed by atoms with Gasteiger partial charge in [0.15, 0.2) is 0 Å². The summed E-state index contributed by atoms with van der Waals surface area (Å²) in [6.07, 6.45) is 4.68. The molecule has 0 heterocycles. The third-order valence-corrected chi connectivity index (χ3v) is 4.71. The smallest absolute Gasteiger partial charge is 0.0439 e. The summed E-state index contributed by atoms with van der Waals surface area (Å²) in [4.78, 5) is 0. The van der Waals surface area contributed by atoms with Crippen LogP contribution in [0.15, 0.2) is 18.2 Å². The van der Waals surface area contributed by atoms with Crippen LogP contribution in [0.25, 0.3) is 0 Å². The summed E-state index contributed by atoms with van der Waals surface area (Å²) in [5.74, 6) is 7.08. The Morgan fingerprint density at radius 3 is 2.78 bits per heavy atom. The Balaban J connectivity index is 2.12. The van der Waals surface area contributed by atoms with Crippen LogP contribution in [0.2, 0.25) is 10.0 Å². The maximum Gasteiger partial charge on any atom is 0.0439 e. The van der Waals surface area contributed by atoms with Gasteiger partial charge in [-0.3, -0.25) is 11.3 Å². The number of nitrogens with one attached hydrogen (secondary N) is 1. The van der Waals surface area contributed by atoms with Gasteiger partial charge >= 0.3 is 0 Å². The molecule has 3 atom stereocenters. The summed E-state index contributed by atoms with van der Waals surface area (Å²) in [5.41, 5.74) is 4.04. The van der Waals surface area contributed by atoms with Gasteiger partial charge in [0, 0.05) is 16.1 Å². The molecule has 0 aromatic heterocycles. The van der Waals surface area contributed by atoms with E-state index in [-0.39, 0.29) is 6.04 Å². The van der Waals surface area contributed by atoms with Crippen molar-refractivity contribution in [1.29, 1.82) is 0 Å². The molecule has 0 bridgehead atoms. The highest BCUT2D eigenvalue weighted by atomic mass is 35.5. The second-order valence-corrected chi connectivity index (χ2v) is 6.13. The third-order valence-electron chi connectivity index (χ3n) is 4.11. The SMILES string of the molecule is CC1CCCC1C(Cc1cc(Cl)ccc1Cl)NN. The second-order valence-electron chi connectivity index (χ2n) is 5.29. The van der Waals surface area contributed by atoms with E-state index >= 15 is 0 Å². The molecule has 2 nitrogen and oxygen atoms in total. The van der Waals surface area contributed by atoms with Crippen LogP contribution in [0.1, 0.15) is 31.7 Å². The first-order chi connectivity index (χ1) is 8.61. The van der Waals surface area contributed by atoms with Crippen LogP contribution in [-0.4, -0.2) is 6.04 Å². The van der Waals surface area contributed by atoms with Crippen molar-refractivity contribution in [3.8, 4) is 0 Å². The lowest BCUT2D eigenvalue weighted by Crippen LogP contribution is -2.43. The average Bonchev–Trinajstić information content (AvgIpc) is 2.77. The van der Waals surface area contributed by atoms with E-state index in [0.29, 0.717) is 5.92 Å². The van der Waals surface area contributed by atoms with E-state index in [1.807, 2.05) is 18.2 Å². The highest BCUT2D eigenvalue weighted by Gasteiger charge is 2.30. The van der Waals surface area contributed by atoms with Crippen molar-refractivity contribution >= 4 is 23.2 Å². The van der Waals surface area contributed by atoms with Crippen LogP contribution in [0.3, 0.4) is 0 Å². The summed E-state index contributed by atoms with van der Waals surface area (Å²) >= 11 is 12.2. The zero-order valence-corrected chi connectivity index (χ0v) is 12.1. The average molecular weight is 287 g/mol. The Kier molecular flexibility index (Phi) is 4.91. The van der Waals surface area contributed by atoms with Gasteiger partial charge in [-0.15, -0.1) is 0 Å². The Hall–Kier alpha value is -0.280. The molecule has 2 rings (SSSR count). The monoisotopic (exact) mass is 286 g/mol. The molecule has 1 aromatic carbocycles. The molecule has 3 unspecified atom stereocenters. The summed E-state index contributed by atoms with van der Waals surface area (Å²) < 4.78 is 0. The first kappa shape index (κ1) is 14.1. The third kappa shape index (κ3) is 3.18. The van der Waals surface area contributed by atoms with Gasteiger partial charge in [-0.05, 0) is 48.4 Å². The maximum atomic E-state index is 6.21. The zero-order chi connectivity index (χ0) is 13.1. The number of benzene rings is 1. The van der Waals surface area contributed by atoms with E-state index in [2.05, 4.69) is 12.3 Å². The lowest BCUT2D eigenvalue weighted by molar-refractivity contribution is 0.297. The molecule has 1 aliphatic carbocycles. The van der Waals surface area contributed by atoms with E-state index in [1.54, 1.807) is 0 Å². The standard InChI is InChI=1S/C14H20Cl2N2/c1-9-3-2-4-12(9)14(18-17)8-10-7-11(15)5-6-13(10)16/h5-7,9,12,14,18H,2-4,8,17H2,1H3. The molecular weight excluding hydrogens is 267 g/mol. The highest BCUT2D eigenvalue weighted by Crippen LogP contribution is 2.35. The van der Waals surface area contributed by atoms with Gasteiger partial charge in [-0.2, -0.15) is 0 Å². The first-order valence-corrected chi connectivity index (χ1v) is 7.27. The van der Waals surface area contributed by atoms with E-state index in [4.69, 9.17) is 29.0 Å². The number of nitrogens with two attached hydrogens (primary N) is 1. The van der Waals surface area contributed by atoms with E-state index in [9.17, 15) is 0 Å². The number of halogens is 2. The van der Waals surface area contributed by atoms with Crippen molar-refractivity contribution in [2.24, 2.45) is 17.7 Å². The molecule has 0 saturated heterocycles. The van der Waals surface area contributed by atoms with Gasteiger partial charge in [0.1, 0.15) is 0 Å². The van der Waals surface area contributed by atoms with Gasteiger partial charge in [-0.25, -0.2) is 0 Å². The van der Waals surface area contributed by atoms with E-state index in [0.717, 1.165) is 27.9 Å². The molecule has 1 fully saturated rings. The molecule has 0 aliphatic heterocycles. The summed E-state index contributed by atoms with van der Waals surface area (Å²) in [6.45, 7) is 2.31. The fourth-order valence-electron chi connectivity index (χ4n) is 3.04. The summed E-state index contributed by atoms with van der Waals surface area (Å²) in [5, 5.41) is 1.50. The van der Waals surface area contributed by atoms with Crippen LogP contribution >= 0.6 is 23.2 Å². The molecule has 4 heteroatoms. The van der Waals surface area contributed by atoms with Crippen molar-refractivity contribution in [2.45, 2.75) is 38.6 Å². The Bertz CT molecular complexity index is 409. The van der Waals surface area contributed by atoms with Crippen molar-refractivity contribution in [3.05, 3.63) is 33.8 Å². The lowest BCUT2D eigenvalue weighted by atomic mass is 9.87. The van der Waals surface area contributed by atoms with Gasteiger partial charge in [-0.1, -0.05) is 43.0 Å². The van der Waals surface area contributed by atoms with Crippen molar-refractivity contribution in [1.82, 2.24) is 5.43 Å². The van der Waals surface area contributed by atoms with E-state index in [1.165, 1.54) is 19.3 Å². The number of rotatable bonds is 4. The van der Waals surface area contributed by atoms with Gasteiger partial charge in [0.25, 0.3) is 0 Å². The summed E-state index contributed by atoms with van der Waals surface area (Å²) in [6, 6.07) is 5.88.